The van der Waals surface area contributed by atoms with Crippen molar-refractivity contribution in [3.8, 4) is 5.75 Å². The maximum atomic E-state index is 13.1. The van der Waals surface area contributed by atoms with Gasteiger partial charge in [-0.05, 0) is 56.9 Å². The van der Waals surface area contributed by atoms with Gasteiger partial charge < -0.3 is 24.8 Å². The molecule has 0 aliphatic carbocycles. The van der Waals surface area contributed by atoms with Crippen molar-refractivity contribution in [2.45, 2.75) is 39.7 Å². The lowest BCUT2D eigenvalue weighted by atomic mass is 9.99. The van der Waals surface area contributed by atoms with Crippen LogP contribution in [0.1, 0.15) is 44.0 Å². The summed E-state index contributed by atoms with van der Waals surface area (Å²) in [5.41, 5.74) is 4.06. The van der Waals surface area contributed by atoms with Crippen molar-refractivity contribution < 1.29 is 9.53 Å². The van der Waals surface area contributed by atoms with Gasteiger partial charge in [0, 0.05) is 38.9 Å². The quantitative estimate of drug-likeness (QED) is 0.503. The Labute approximate surface area is 212 Å². The minimum Gasteiger partial charge on any atom is -0.489 e. The third-order valence-corrected chi connectivity index (χ3v) is 6.95. The van der Waals surface area contributed by atoms with Gasteiger partial charge in [0.05, 0.1) is 29.2 Å². The maximum absolute atomic E-state index is 13.1. The summed E-state index contributed by atoms with van der Waals surface area (Å²) in [6, 6.07) is 13.8. The molecule has 1 fully saturated rings. The van der Waals surface area contributed by atoms with Crippen LogP contribution < -0.4 is 24.8 Å². The second-order valence-corrected chi connectivity index (χ2v) is 9.98. The summed E-state index contributed by atoms with van der Waals surface area (Å²) in [6.45, 7) is 8.49. The molecule has 2 aromatic carbocycles. The van der Waals surface area contributed by atoms with Crippen LogP contribution in [0.2, 0.25) is 0 Å². The van der Waals surface area contributed by atoms with Gasteiger partial charge in [0.1, 0.15) is 11.4 Å². The number of fused-ring (bicyclic) bond motifs is 2. The number of benzene rings is 2. The van der Waals surface area contributed by atoms with E-state index in [0.717, 1.165) is 36.1 Å². The van der Waals surface area contributed by atoms with Crippen LogP contribution in [0.4, 0.5) is 34.5 Å². The standard InChI is InChI=1S/C28H34N6O2/c1-18(2)36-25-16-20(34-14-12-19(3)13-15-34)10-11-22(25)30-28-29-17-24-26(31-28)32(4)23-9-7-6-8-21(23)27(35)33(24)5/h6-11,16-19H,12-15H2,1-5H3,(H,29,30,31). The van der Waals surface area contributed by atoms with Gasteiger partial charge in [0.2, 0.25) is 5.95 Å². The molecule has 8 nitrogen and oxygen atoms in total. The number of aromatic nitrogens is 2. The molecule has 8 heteroatoms. The van der Waals surface area contributed by atoms with E-state index < -0.39 is 0 Å². The number of amides is 1. The van der Waals surface area contributed by atoms with Crippen molar-refractivity contribution in [1.82, 2.24) is 9.97 Å². The van der Waals surface area contributed by atoms with Crippen molar-refractivity contribution in [2.75, 3.05) is 47.2 Å². The molecular formula is C28H34N6O2. The van der Waals surface area contributed by atoms with E-state index in [1.54, 1.807) is 18.1 Å². The van der Waals surface area contributed by atoms with Crippen molar-refractivity contribution in [3.05, 3.63) is 54.2 Å². The molecule has 1 N–H and O–H groups in total. The molecule has 0 unspecified atom stereocenters. The minimum absolute atomic E-state index is 0.0254. The van der Waals surface area contributed by atoms with Gasteiger partial charge in [0.15, 0.2) is 5.82 Å². The molecule has 2 aliphatic heterocycles. The number of para-hydroxylation sites is 1. The van der Waals surface area contributed by atoms with Gasteiger partial charge in [-0.2, -0.15) is 4.98 Å². The van der Waals surface area contributed by atoms with Gasteiger partial charge >= 0.3 is 0 Å². The lowest BCUT2D eigenvalue weighted by Gasteiger charge is -2.32. The van der Waals surface area contributed by atoms with Crippen LogP contribution in [0.5, 0.6) is 5.75 Å². The first kappa shape index (κ1) is 23.9. The zero-order valence-corrected chi connectivity index (χ0v) is 21.7. The number of hydrogen-bond acceptors (Lipinski definition) is 7. The largest absolute Gasteiger partial charge is 0.489 e. The van der Waals surface area contributed by atoms with Crippen LogP contribution in [0.25, 0.3) is 0 Å². The Morgan fingerprint density at radius 3 is 2.53 bits per heavy atom. The first-order valence-electron chi connectivity index (χ1n) is 12.6. The highest BCUT2D eigenvalue weighted by atomic mass is 16.5. The second kappa shape index (κ2) is 9.68. The monoisotopic (exact) mass is 486 g/mol. The van der Waals surface area contributed by atoms with Crippen LogP contribution in [0, 0.1) is 5.92 Å². The summed E-state index contributed by atoms with van der Waals surface area (Å²) < 4.78 is 6.19. The molecule has 5 rings (SSSR count). The average Bonchev–Trinajstić information content (AvgIpc) is 2.95. The minimum atomic E-state index is -0.0872. The van der Waals surface area contributed by atoms with E-state index in [-0.39, 0.29) is 12.0 Å². The SMILES string of the molecule is CC1CCN(c2ccc(Nc3ncc4c(n3)N(C)c3ccccc3C(=O)N4C)c(OC(C)C)c2)CC1. The van der Waals surface area contributed by atoms with Gasteiger partial charge in [0.25, 0.3) is 5.91 Å². The van der Waals surface area contributed by atoms with Gasteiger partial charge in [-0.1, -0.05) is 19.1 Å². The summed E-state index contributed by atoms with van der Waals surface area (Å²) in [6.07, 6.45) is 4.13. The topological polar surface area (TPSA) is 73.8 Å². The molecule has 1 saturated heterocycles. The third kappa shape index (κ3) is 4.55. The fourth-order valence-corrected chi connectivity index (χ4v) is 4.81. The van der Waals surface area contributed by atoms with E-state index in [1.807, 2.05) is 56.1 Å². The number of nitrogens with zero attached hydrogens (tertiary/aromatic N) is 5. The smallest absolute Gasteiger partial charge is 0.260 e. The van der Waals surface area contributed by atoms with E-state index in [2.05, 4.69) is 34.3 Å². The number of anilines is 6. The van der Waals surface area contributed by atoms with Crippen molar-refractivity contribution in [2.24, 2.45) is 5.92 Å². The van der Waals surface area contributed by atoms with Gasteiger partial charge in [-0.25, -0.2) is 4.98 Å². The molecule has 3 aromatic rings. The highest BCUT2D eigenvalue weighted by molar-refractivity contribution is 6.13. The predicted octanol–water partition coefficient (Wildman–Crippen LogP) is 5.60. The van der Waals surface area contributed by atoms with Crippen molar-refractivity contribution >= 4 is 40.4 Å². The lowest BCUT2D eigenvalue weighted by Crippen LogP contribution is -2.32. The molecule has 188 valence electrons. The van der Waals surface area contributed by atoms with E-state index in [9.17, 15) is 4.79 Å². The van der Waals surface area contributed by atoms with Crippen LogP contribution in [-0.2, 0) is 0 Å². The summed E-state index contributed by atoms with van der Waals surface area (Å²) >= 11 is 0. The first-order chi connectivity index (χ1) is 17.3. The Balaban J connectivity index is 1.47. The molecule has 0 spiro atoms. The second-order valence-electron chi connectivity index (χ2n) is 9.98. The number of ether oxygens (including phenoxy) is 1. The first-order valence-corrected chi connectivity index (χ1v) is 12.6. The van der Waals surface area contributed by atoms with Crippen molar-refractivity contribution in [3.63, 3.8) is 0 Å². The molecular weight excluding hydrogens is 452 g/mol. The lowest BCUT2D eigenvalue weighted by molar-refractivity contribution is 0.0994. The predicted molar refractivity (Wildman–Crippen MR) is 145 cm³/mol. The summed E-state index contributed by atoms with van der Waals surface area (Å²) in [7, 11) is 3.67. The van der Waals surface area contributed by atoms with Gasteiger partial charge in [-0.3, -0.25) is 4.79 Å². The Bertz CT molecular complexity index is 1270. The summed E-state index contributed by atoms with van der Waals surface area (Å²) in [5, 5.41) is 3.36. The molecule has 1 amide bonds. The Morgan fingerprint density at radius 1 is 1.03 bits per heavy atom. The van der Waals surface area contributed by atoms with E-state index >= 15 is 0 Å². The molecule has 1 aromatic heterocycles. The number of hydrogen-bond donors (Lipinski definition) is 1. The third-order valence-electron chi connectivity index (χ3n) is 6.95. The van der Waals surface area contributed by atoms with Crippen LogP contribution in [-0.4, -0.2) is 49.2 Å². The summed E-state index contributed by atoms with van der Waals surface area (Å²) in [4.78, 5) is 28.4. The van der Waals surface area contributed by atoms with Gasteiger partial charge in [-0.15, -0.1) is 0 Å². The van der Waals surface area contributed by atoms with E-state index in [1.165, 1.54) is 18.5 Å². The fourth-order valence-electron chi connectivity index (χ4n) is 4.81. The number of rotatable bonds is 5. The normalized spacial score (nSPS) is 16.1. The van der Waals surface area contributed by atoms with Crippen LogP contribution in [0.15, 0.2) is 48.7 Å². The number of piperidine rings is 1. The number of carbonyl (C=O) groups is 1. The molecule has 0 atom stereocenters. The Kier molecular flexibility index (Phi) is 6.43. The Hall–Kier alpha value is -3.81. The average molecular weight is 487 g/mol. The van der Waals surface area contributed by atoms with Crippen LogP contribution >= 0.6 is 0 Å². The molecule has 0 saturated carbocycles. The number of carbonyl (C=O) groups excluding carboxylic acids is 1. The highest BCUT2D eigenvalue weighted by Gasteiger charge is 2.29. The highest BCUT2D eigenvalue weighted by Crippen LogP contribution is 2.39. The molecule has 36 heavy (non-hydrogen) atoms. The number of nitrogens with one attached hydrogen (secondary N) is 1. The fraction of sp³-hybridized carbons (Fsp3) is 0.393. The zero-order valence-electron chi connectivity index (χ0n) is 21.7. The zero-order chi connectivity index (χ0) is 25.4. The molecule has 0 radical (unpaired) electrons. The van der Waals surface area contributed by atoms with Crippen LogP contribution in [0.3, 0.4) is 0 Å². The molecule has 3 heterocycles. The summed E-state index contributed by atoms with van der Waals surface area (Å²) in [5.74, 6) is 2.55. The van der Waals surface area contributed by atoms with E-state index in [0.29, 0.717) is 23.0 Å². The van der Waals surface area contributed by atoms with E-state index in [4.69, 9.17) is 9.72 Å². The Morgan fingerprint density at radius 2 is 1.78 bits per heavy atom. The van der Waals surface area contributed by atoms with Crippen molar-refractivity contribution in [1.29, 1.82) is 0 Å². The maximum Gasteiger partial charge on any atom is 0.260 e. The molecule has 0 bridgehead atoms. The molecule has 2 aliphatic rings.